The third-order valence-electron chi connectivity index (χ3n) is 5.63. The van der Waals surface area contributed by atoms with Crippen molar-refractivity contribution < 1.29 is 4.79 Å². The van der Waals surface area contributed by atoms with E-state index in [2.05, 4.69) is 24.1 Å². The molecule has 100 valence electrons. The van der Waals surface area contributed by atoms with Gasteiger partial charge in [0, 0.05) is 6.54 Å². The van der Waals surface area contributed by atoms with Crippen LogP contribution in [0.2, 0.25) is 0 Å². The van der Waals surface area contributed by atoms with Crippen molar-refractivity contribution in [2.24, 2.45) is 17.3 Å². The van der Waals surface area contributed by atoms with Gasteiger partial charge in [-0.05, 0) is 55.8 Å². The number of hydrogen-bond donors (Lipinski definition) is 1. The average molecular weight is 248 g/mol. The molecule has 4 rings (SSSR count). The molecule has 3 heteroatoms. The monoisotopic (exact) mass is 248 g/mol. The first-order valence-corrected chi connectivity index (χ1v) is 7.65. The molecule has 0 aromatic carbocycles. The van der Waals surface area contributed by atoms with E-state index in [1.54, 1.807) is 0 Å². The van der Waals surface area contributed by atoms with Crippen LogP contribution in [-0.4, -0.2) is 29.1 Å². The third-order valence-corrected chi connectivity index (χ3v) is 5.63. The van der Waals surface area contributed by atoms with Crippen molar-refractivity contribution in [1.29, 1.82) is 0 Å². The molecule has 0 aromatic heterocycles. The number of rotatable bonds is 4. The molecule has 1 saturated heterocycles. The number of nitrogens with one attached hydrogen (secondary N) is 1. The Labute approximate surface area is 109 Å². The van der Waals surface area contributed by atoms with E-state index in [1.807, 2.05) is 0 Å². The summed E-state index contributed by atoms with van der Waals surface area (Å²) >= 11 is 0. The van der Waals surface area contributed by atoms with E-state index in [4.69, 9.17) is 0 Å². The van der Waals surface area contributed by atoms with Crippen LogP contribution in [0.25, 0.3) is 0 Å². The summed E-state index contributed by atoms with van der Waals surface area (Å²) in [5, 5.41) is 3.63. The van der Waals surface area contributed by atoms with Crippen LogP contribution < -0.4 is 5.32 Å². The molecule has 4 fully saturated rings. The fraction of sp³-hybridized carbons (Fsp3) is 0.933. The number of amides is 1. The highest BCUT2D eigenvalue weighted by molar-refractivity contribution is 5.91. The second-order valence-electron chi connectivity index (χ2n) is 7.48. The molecule has 0 bridgehead atoms. The number of carbonyl (C=O) groups excluding carboxylic acids is 1. The van der Waals surface area contributed by atoms with E-state index in [9.17, 15) is 4.79 Å². The maximum Gasteiger partial charge on any atom is 0.244 e. The summed E-state index contributed by atoms with van der Waals surface area (Å²) in [7, 11) is 0. The first-order chi connectivity index (χ1) is 8.56. The molecule has 1 aliphatic heterocycles. The molecule has 1 atom stereocenters. The van der Waals surface area contributed by atoms with E-state index >= 15 is 0 Å². The molecule has 4 aliphatic rings. The topological polar surface area (TPSA) is 32.3 Å². The maximum atomic E-state index is 12.6. The number of nitrogens with zero attached hydrogens (tertiary/aromatic N) is 1. The summed E-state index contributed by atoms with van der Waals surface area (Å²) in [6.07, 6.45) is 7.94. The first-order valence-electron chi connectivity index (χ1n) is 7.65. The zero-order valence-electron chi connectivity index (χ0n) is 11.5. The molecule has 3 nitrogen and oxygen atoms in total. The van der Waals surface area contributed by atoms with E-state index in [-0.39, 0.29) is 11.7 Å². The normalized spacial score (nSPS) is 35.6. The summed E-state index contributed by atoms with van der Waals surface area (Å²) < 4.78 is 0. The van der Waals surface area contributed by atoms with Crippen LogP contribution in [0.5, 0.6) is 0 Å². The number of hydrogen-bond acceptors (Lipinski definition) is 2. The van der Waals surface area contributed by atoms with Crippen LogP contribution in [-0.2, 0) is 4.79 Å². The SMILES string of the molecule is CC(C)C1NC2(CC2)C(=O)N1CC1(C2CC2)CC1. The fourth-order valence-electron chi connectivity index (χ4n) is 3.89. The maximum absolute atomic E-state index is 12.6. The highest BCUT2D eigenvalue weighted by atomic mass is 16.2. The minimum Gasteiger partial charge on any atom is -0.325 e. The minimum absolute atomic E-state index is 0.130. The molecule has 1 spiro atoms. The molecular formula is C15H24N2O. The molecule has 0 aromatic rings. The van der Waals surface area contributed by atoms with E-state index < -0.39 is 0 Å². The van der Waals surface area contributed by atoms with Gasteiger partial charge < -0.3 is 4.90 Å². The lowest BCUT2D eigenvalue weighted by Gasteiger charge is -2.31. The fourth-order valence-corrected chi connectivity index (χ4v) is 3.89. The molecule has 3 aliphatic carbocycles. The standard InChI is InChI=1S/C15H24N2O/c1-10(2)12-16-15(7-8-15)13(18)17(12)9-14(5-6-14)11-3-4-11/h10-12,16H,3-9H2,1-2H3. The van der Waals surface area contributed by atoms with Crippen LogP contribution in [0.15, 0.2) is 0 Å². The van der Waals surface area contributed by atoms with Gasteiger partial charge in [0.2, 0.25) is 5.91 Å². The predicted octanol–water partition coefficient (Wildman–Crippen LogP) is 2.12. The van der Waals surface area contributed by atoms with E-state index in [0.717, 1.165) is 25.3 Å². The van der Waals surface area contributed by atoms with Crippen LogP contribution in [0.1, 0.15) is 52.4 Å². The van der Waals surface area contributed by atoms with Crippen LogP contribution in [0.3, 0.4) is 0 Å². The van der Waals surface area contributed by atoms with Crippen molar-refractivity contribution in [3.05, 3.63) is 0 Å². The number of carbonyl (C=O) groups is 1. The summed E-state index contributed by atoms with van der Waals surface area (Å²) in [4.78, 5) is 14.8. The predicted molar refractivity (Wildman–Crippen MR) is 69.8 cm³/mol. The van der Waals surface area contributed by atoms with Gasteiger partial charge in [0.05, 0.1) is 11.7 Å². The Morgan fingerprint density at radius 1 is 1.28 bits per heavy atom. The third kappa shape index (κ3) is 1.49. The van der Waals surface area contributed by atoms with Crippen molar-refractivity contribution in [3.8, 4) is 0 Å². The van der Waals surface area contributed by atoms with Gasteiger partial charge in [0.1, 0.15) is 0 Å². The molecule has 1 N–H and O–H groups in total. The Balaban J connectivity index is 1.55. The molecule has 18 heavy (non-hydrogen) atoms. The van der Waals surface area contributed by atoms with Gasteiger partial charge in [0.25, 0.3) is 0 Å². The van der Waals surface area contributed by atoms with Crippen LogP contribution >= 0.6 is 0 Å². The van der Waals surface area contributed by atoms with Gasteiger partial charge in [-0.1, -0.05) is 13.8 Å². The van der Waals surface area contributed by atoms with Gasteiger partial charge in [-0.2, -0.15) is 0 Å². The van der Waals surface area contributed by atoms with Crippen molar-refractivity contribution >= 4 is 5.91 Å². The summed E-state index contributed by atoms with van der Waals surface area (Å²) in [6.45, 7) is 5.50. The quantitative estimate of drug-likeness (QED) is 0.826. The largest absolute Gasteiger partial charge is 0.325 e. The summed E-state index contributed by atoms with van der Waals surface area (Å²) in [5.74, 6) is 1.87. The molecule has 3 saturated carbocycles. The van der Waals surface area contributed by atoms with Gasteiger partial charge in [-0.25, -0.2) is 0 Å². The lowest BCUT2D eigenvalue weighted by molar-refractivity contribution is -0.132. The lowest BCUT2D eigenvalue weighted by Crippen LogP contribution is -2.44. The Morgan fingerprint density at radius 2 is 1.94 bits per heavy atom. The summed E-state index contributed by atoms with van der Waals surface area (Å²) in [5.41, 5.74) is 0.402. The molecule has 1 unspecified atom stereocenters. The van der Waals surface area contributed by atoms with Gasteiger partial charge in [-0.15, -0.1) is 0 Å². The Morgan fingerprint density at radius 3 is 2.39 bits per heavy atom. The lowest BCUT2D eigenvalue weighted by atomic mass is 9.98. The highest BCUT2D eigenvalue weighted by Crippen LogP contribution is 2.62. The van der Waals surface area contributed by atoms with Gasteiger partial charge in [0.15, 0.2) is 0 Å². The first kappa shape index (κ1) is 11.3. The average Bonchev–Trinajstić information content (AvgIpc) is 3.20. The van der Waals surface area contributed by atoms with Crippen LogP contribution in [0.4, 0.5) is 0 Å². The molecular weight excluding hydrogens is 224 g/mol. The molecule has 0 radical (unpaired) electrons. The van der Waals surface area contributed by atoms with E-state index in [1.165, 1.54) is 25.7 Å². The van der Waals surface area contributed by atoms with Gasteiger partial charge >= 0.3 is 0 Å². The smallest absolute Gasteiger partial charge is 0.244 e. The van der Waals surface area contributed by atoms with Crippen molar-refractivity contribution in [2.45, 2.75) is 64.1 Å². The Bertz CT molecular complexity index is 391. The second kappa shape index (κ2) is 3.30. The van der Waals surface area contributed by atoms with Crippen molar-refractivity contribution in [2.75, 3.05) is 6.54 Å². The second-order valence-corrected chi connectivity index (χ2v) is 7.48. The van der Waals surface area contributed by atoms with E-state index in [0.29, 0.717) is 17.2 Å². The van der Waals surface area contributed by atoms with Gasteiger partial charge in [-0.3, -0.25) is 10.1 Å². The van der Waals surface area contributed by atoms with Crippen molar-refractivity contribution in [3.63, 3.8) is 0 Å². The summed E-state index contributed by atoms with van der Waals surface area (Å²) in [6, 6.07) is 0. The Kier molecular flexibility index (Phi) is 2.07. The Hall–Kier alpha value is -0.570. The minimum atomic E-state index is -0.130. The zero-order valence-corrected chi connectivity index (χ0v) is 11.5. The zero-order chi connectivity index (χ0) is 12.5. The molecule has 1 heterocycles. The van der Waals surface area contributed by atoms with Crippen molar-refractivity contribution in [1.82, 2.24) is 10.2 Å². The van der Waals surface area contributed by atoms with Crippen LogP contribution in [0, 0.1) is 17.3 Å². The molecule has 1 amide bonds. The highest BCUT2D eigenvalue weighted by Gasteiger charge is 2.63.